The summed E-state index contributed by atoms with van der Waals surface area (Å²) in [6.45, 7) is -2.66. The first-order valence-electron chi connectivity index (χ1n) is 4.61. The van der Waals surface area contributed by atoms with Crippen molar-refractivity contribution in [2.24, 2.45) is 0 Å². The van der Waals surface area contributed by atoms with Crippen molar-refractivity contribution in [1.29, 1.82) is 0 Å². The van der Waals surface area contributed by atoms with E-state index in [-0.39, 0.29) is 14.9 Å². The summed E-state index contributed by atoms with van der Waals surface area (Å²) in [6, 6.07) is 3.46. The summed E-state index contributed by atoms with van der Waals surface area (Å²) >= 11 is 11.2. The van der Waals surface area contributed by atoms with E-state index in [0.717, 1.165) is 12.1 Å². The van der Waals surface area contributed by atoms with Crippen LogP contribution in [0.5, 0.6) is 0 Å². The minimum Gasteiger partial charge on any atom is -0.390 e. The number of benzene rings is 1. The smallest absolute Gasteiger partial charge is 0.283 e. The van der Waals surface area contributed by atoms with Crippen LogP contribution in [0.15, 0.2) is 23.1 Å². The summed E-state index contributed by atoms with van der Waals surface area (Å²) in [6.07, 6.45) is 0. The van der Waals surface area contributed by atoms with Gasteiger partial charge in [-0.3, -0.25) is 0 Å². The minimum atomic E-state index is -4.16. The molecule has 0 fully saturated rings. The molecule has 102 valence electrons. The van der Waals surface area contributed by atoms with Crippen LogP contribution in [-0.4, -0.2) is 32.6 Å². The zero-order valence-corrected chi connectivity index (χ0v) is 11.2. The Morgan fingerprint density at radius 2 is 1.72 bits per heavy atom. The Labute approximate surface area is 113 Å². The molecule has 9 heteroatoms. The van der Waals surface area contributed by atoms with Gasteiger partial charge in [-0.1, -0.05) is 23.2 Å². The maximum absolute atomic E-state index is 12.7. The molecule has 18 heavy (non-hydrogen) atoms. The predicted octanol–water partition coefficient (Wildman–Crippen LogP) is 1.90. The predicted molar refractivity (Wildman–Crippen MR) is 63.7 cm³/mol. The first-order chi connectivity index (χ1) is 8.16. The van der Waals surface area contributed by atoms with Crippen LogP contribution in [-0.2, 0) is 10.0 Å². The van der Waals surface area contributed by atoms with Gasteiger partial charge in [-0.25, -0.2) is 21.9 Å². The van der Waals surface area contributed by atoms with E-state index in [9.17, 15) is 17.2 Å². The van der Waals surface area contributed by atoms with E-state index < -0.39 is 29.1 Å². The van der Waals surface area contributed by atoms with Gasteiger partial charge in [0.1, 0.15) is 6.61 Å². The molecule has 0 saturated carbocycles. The first kappa shape index (κ1) is 15.6. The Morgan fingerprint density at radius 1 is 1.22 bits per heavy atom. The van der Waals surface area contributed by atoms with E-state index in [1.807, 2.05) is 0 Å². The van der Waals surface area contributed by atoms with Crippen LogP contribution >= 0.6 is 23.2 Å². The molecule has 1 aromatic carbocycles. The molecule has 0 atom stereocenters. The van der Waals surface area contributed by atoms with Gasteiger partial charge >= 0.3 is 0 Å². The Balaban J connectivity index is 2.93. The lowest BCUT2D eigenvalue weighted by atomic mass is 10.4. The van der Waals surface area contributed by atoms with Crippen molar-refractivity contribution < 1.29 is 22.3 Å². The molecule has 4 nitrogen and oxygen atoms in total. The summed E-state index contributed by atoms with van der Waals surface area (Å²) in [5, 5.41) is 8.46. The summed E-state index contributed by atoms with van der Waals surface area (Å²) in [7, 11) is -4.16. The van der Waals surface area contributed by atoms with Crippen molar-refractivity contribution >= 4 is 33.2 Å². The van der Waals surface area contributed by atoms with Crippen LogP contribution in [0, 0.1) is 0 Å². The highest BCUT2D eigenvalue weighted by Gasteiger charge is 2.30. The van der Waals surface area contributed by atoms with Crippen LogP contribution < -0.4 is 4.72 Å². The summed E-state index contributed by atoms with van der Waals surface area (Å²) < 4.78 is 50.4. The van der Waals surface area contributed by atoms with E-state index in [2.05, 4.69) is 0 Å². The van der Waals surface area contributed by atoms with E-state index in [4.69, 9.17) is 28.3 Å². The maximum atomic E-state index is 12.7. The molecule has 0 aliphatic rings. The summed E-state index contributed by atoms with van der Waals surface area (Å²) in [5.74, 6) is -3.53. The van der Waals surface area contributed by atoms with E-state index in [1.54, 1.807) is 4.72 Å². The molecule has 1 aromatic rings. The van der Waals surface area contributed by atoms with E-state index >= 15 is 0 Å². The fourth-order valence-corrected chi connectivity index (χ4v) is 2.81. The van der Waals surface area contributed by atoms with Crippen LogP contribution in [0.3, 0.4) is 0 Å². The Morgan fingerprint density at radius 3 is 2.17 bits per heavy atom. The molecule has 0 saturated heterocycles. The SMILES string of the molecule is O=S(=O)(NCC(F)(F)CO)c1cc(Cl)cc(Cl)c1. The van der Waals surface area contributed by atoms with Crippen molar-refractivity contribution in [2.75, 3.05) is 13.2 Å². The number of halogens is 4. The van der Waals surface area contributed by atoms with Crippen molar-refractivity contribution in [1.82, 2.24) is 4.72 Å². The lowest BCUT2D eigenvalue weighted by Crippen LogP contribution is -2.38. The van der Waals surface area contributed by atoms with E-state index in [0.29, 0.717) is 0 Å². The fraction of sp³-hybridized carbons (Fsp3) is 0.333. The van der Waals surface area contributed by atoms with Crippen molar-refractivity contribution in [3.05, 3.63) is 28.2 Å². The number of aliphatic hydroxyl groups is 1. The Kier molecular flexibility index (Phi) is 4.90. The number of aliphatic hydroxyl groups excluding tert-OH is 1. The molecule has 0 amide bonds. The average Bonchev–Trinajstić information content (AvgIpc) is 2.25. The van der Waals surface area contributed by atoms with Gasteiger partial charge in [-0.2, -0.15) is 0 Å². The Hall–Kier alpha value is -0.470. The van der Waals surface area contributed by atoms with Crippen molar-refractivity contribution in [3.8, 4) is 0 Å². The molecule has 0 aliphatic carbocycles. The summed E-state index contributed by atoms with van der Waals surface area (Å²) in [4.78, 5) is -0.325. The second-order valence-electron chi connectivity index (χ2n) is 3.44. The first-order valence-corrected chi connectivity index (χ1v) is 6.85. The number of sulfonamides is 1. The van der Waals surface area contributed by atoms with Gasteiger partial charge in [-0.15, -0.1) is 0 Å². The maximum Gasteiger partial charge on any atom is 0.283 e. The fourth-order valence-electron chi connectivity index (χ4n) is 1.02. The molecule has 0 aliphatic heterocycles. The zero-order chi connectivity index (χ0) is 14.0. The topological polar surface area (TPSA) is 66.4 Å². The number of hydrogen-bond donors (Lipinski definition) is 2. The van der Waals surface area contributed by atoms with Gasteiger partial charge in [0.25, 0.3) is 5.92 Å². The molecule has 0 aromatic heterocycles. The minimum absolute atomic E-state index is 0.0665. The molecule has 2 N–H and O–H groups in total. The monoisotopic (exact) mass is 319 g/mol. The zero-order valence-electron chi connectivity index (χ0n) is 8.83. The largest absolute Gasteiger partial charge is 0.390 e. The van der Waals surface area contributed by atoms with Crippen molar-refractivity contribution in [3.63, 3.8) is 0 Å². The number of nitrogens with one attached hydrogen (secondary N) is 1. The number of alkyl halides is 2. The van der Waals surface area contributed by atoms with Gasteiger partial charge in [0.2, 0.25) is 10.0 Å². The quantitative estimate of drug-likeness (QED) is 0.871. The van der Waals surface area contributed by atoms with Gasteiger partial charge in [0, 0.05) is 10.0 Å². The van der Waals surface area contributed by atoms with Crippen LogP contribution in [0.1, 0.15) is 0 Å². The van der Waals surface area contributed by atoms with Crippen LogP contribution in [0.25, 0.3) is 0 Å². The average molecular weight is 320 g/mol. The third-order valence-corrected chi connectivity index (χ3v) is 3.72. The normalized spacial score (nSPS) is 12.7. The van der Waals surface area contributed by atoms with Gasteiger partial charge in [0.05, 0.1) is 11.4 Å². The highest BCUT2D eigenvalue weighted by molar-refractivity contribution is 7.89. The lowest BCUT2D eigenvalue weighted by molar-refractivity contribution is -0.0437. The number of rotatable bonds is 5. The van der Waals surface area contributed by atoms with Gasteiger partial charge < -0.3 is 5.11 Å². The second kappa shape index (κ2) is 5.66. The van der Waals surface area contributed by atoms with Crippen LogP contribution in [0.2, 0.25) is 10.0 Å². The third-order valence-electron chi connectivity index (χ3n) is 1.90. The van der Waals surface area contributed by atoms with Gasteiger partial charge in [0.15, 0.2) is 0 Å². The molecule has 0 bridgehead atoms. The molecule has 0 spiro atoms. The van der Waals surface area contributed by atoms with E-state index in [1.165, 1.54) is 6.07 Å². The lowest BCUT2D eigenvalue weighted by Gasteiger charge is -2.14. The van der Waals surface area contributed by atoms with Crippen molar-refractivity contribution in [2.45, 2.75) is 10.8 Å². The van der Waals surface area contributed by atoms with Gasteiger partial charge in [-0.05, 0) is 18.2 Å². The molecule has 0 heterocycles. The Bertz CT molecular complexity index is 516. The summed E-state index contributed by atoms with van der Waals surface area (Å²) in [5.41, 5.74) is 0. The second-order valence-corrected chi connectivity index (χ2v) is 6.08. The van der Waals surface area contributed by atoms with Crippen LogP contribution in [0.4, 0.5) is 8.78 Å². The molecule has 0 unspecified atom stereocenters. The third kappa shape index (κ3) is 4.33. The highest BCUT2D eigenvalue weighted by Crippen LogP contribution is 2.22. The highest BCUT2D eigenvalue weighted by atomic mass is 35.5. The number of hydrogen-bond acceptors (Lipinski definition) is 3. The standard InChI is InChI=1S/C9H9Cl2F2NO3S/c10-6-1-7(11)3-8(2-6)18(16,17)14-4-9(12,13)5-15/h1-3,14-15H,4-5H2. The molecular formula is C9H9Cl2F2NO3S. The molecule has 1 rings (SSSR count). The molecule has 0 radical (unpaired) electrons. The molecular weight excluding hydrogens is 311 g/mol.